The molecule has 0 aliphatic heterocycles. The van der Waals surface area contributed by atoms with Gasteiger partial charge >= 0.3 is 5.97 Å². The van der Waals surface area contributed by atoms with Crippen molar-refractivity contribution in [2.75, 3.05) is 0 Å². The molecule has 0 unspecified atom stereocenters. The normalized spacial score (nSPS) is 12.7. The molecule has 0 aromatic rings. The maximum atomic E-state index is 10.3. The zero-order chi connectivity index (χ0) is 19.1. The molecule has 0 spiro atoms. The third-order valence-corrected chi connectivity index (χ3v) is 3.94. The lowest BCUT2D eigenvalue weighted by atomic mass is 10.1. The van der Waals surface area contributed by atoms with Crippen LogP contribution in [0, 0.1) is 0 Å². The molecule has 0 aliphatic carbocycles. The number of carboxylic acid groups (broad SMARTS) is 1. The van der Waals surface area contributed by atoms with Crippen molar-refractivity contribution in [3.05, 3.63) is 60.8 Å². The van der Waals surface area contributed by atoms with Crippen LogP contribution in [0.5, 0.6) is 0 Å². The molecule has 0 radical (unpaired) electrons. The van der Waals surface area contributed by atoms with Gasteiger partial charge in [-0.15, -0.1) is 0 Å². The van der Waals surface area contributed by atoms with Crippen molar-refractivity contribution in [3.63, 3.8) is 0 Å². The molecule has 1 N–H and O–H groups in total. The van der Waals surface area contributed by atoms with Crippen LogP contribution in [0.3, 0.4) is 0 Å². The van der Waals surface area contributed by atoms with Crippen LogP contribution in [0.4, 0.5) is 0 Å². The SMILES string of the molecule is CC/C=C\C/C=C\C/C=C\CCCC/C=C\CCCCC/C=C\C(=O)O. The second-order valence-corrected chi connectivity index (χ2v) is 6.43. The van der Waals surface area contributed by atoms with Crippen molar-refractivity contribution >= 4 is 5.97 Å². The summed E-state index contributed by atoms with van der Waals surface area (Å²) in [5.74, 6) is -0.851. The average molecular weight is 359 g/mol. The van der Waals surface area contributed by atoms with E-state index >= 15 is 0 Å². The zero-order valence-electron chi connectivity index (χ0n) is 16.6. The predicted molar refractivity (Wildman–Crippen MR) is 114 cm³/mol. The van der Waals surface area contributed by atoms with Gasteiger partial charge in [0, 0.05) is 6.08 Å². The van der Waals surface area contributed by atoms with Gasteiger partial charge in [-0.05, 0) is 70.6 Å². The summed E-state index contributed by atoms with van der Waals surface area (Å²) in [6.45, 7) is 2.16. The van der Waals surface area contributed by atoms with Crippen molar-refractivity contribution in [2.45, 2.75) is 84.0 Å². The Kier molecular flexibility index (Phi) is 19.7. The molecule has 26 heavy (non-hydrogen) atoms. The summed E-state index contributed by atoms with van der Waals surface area (Å²) in [6, 6.07) is 0. The molecule has 2 nitrogen and oxygen atoms in total. The molecule has 0 atom stereocenters. The summed E-state index contributed by atoms with van der Waals surface area (Å²) in [5.41, 5.74) is 0. The van der Waals surface area contributed by atoms with Gasteiger partial charge in [-0.2, -0.15) is 0 Å². The van der Waals surface area contributed by atoms with Crippen LogP contribution in [-0.4, -0.2) is 11.1 Å². The molecule has 0 aliphatic rings. The van der Waals surface area contributed by atoms with E-state index < -0.39 is 5.97 Å². The van der Waals surface area contributed by atoms with Crippen LogP contribution in [-0.2, 0) is 4.79 Å². The maximum Gasteiger partial charge on any atom is 0.327 e. The number of aliphatic carboxylic acids is 1. The molecule has 0 amide bonds. The minimum absolute atomic E-state index is 0.851. The van der Waals surface area contributed by atoms with Gasteiger partial charge in [-0.1, -0.05) is 68.0 Å². The Morgan fingerprint density at radius 1 is 0.615 bits per heavy atom. The number of rotatable bonds is 17. The number of hydrogen-bond acceptors (Lipinski definition) is 1. The van der Waals surface area contributed by atoms with Crippen LogP contribution >= 0.6 is 0 Å². The fourth-order valence-corrected chi connectivity index (χ4v) is 2.47. The maximum absolute atomic E-state index is 10.3. The molecular weight excluding hydrogens is 320 g/mol. The third-order valence-electron chi connectivity index (χ3n) is 3.94. The molecule has 0 fully saturated rings. The molecule has 0 aromatic carbocycles. The van der Waals surface area contributed by atoms with E-state index in [1.807, 2.05) is 0 Å². The number of allylic oxidation sites excluding steroid dienone is 9. The Bertz CT molecular complexity index is 453. The molecule has 0 heterocycles. The van der Waals surface area contributed by atoms with E-state index in [4.69, 9.17) is 5.11 Å². The number of hydrogen-bond donors (Lipinski definition) is 1. The lowest BCUT2D eigenvalue weighted by Gasteiger charge is -1.96. The molecule has 0 bridgehead atoms. The summed E-state index contributed by atoms with van der Waals surface area (Å²) in [7, 11) is 0. The Labute approximate surface area is 161 Å². The zero-order valence-corrected chi connectivity index (χ0v) is 16.6. The quantitative estimate of drug-likeness (QED) is 0.165. The lowest BCUT2D eigenvalue weighted by Crippen LogP contribution is -1.85. The van der Waals surface area contributed by atoms with Crippen molar-refractivity contribution in [1.82, 2.24) is 0 Å². The van der Waals surface area contributed by atoms with E-state index in [9.17, 15) is 4.79 Å². The van der Waals surface area contributed by atoms with Crippen LogP contribution < -0.4 is 0 Å². The number of carbonyl (C=O) groups is 1. The molecule has 0 saturated carbocycles. The number of carboxylic acids is 1. The van der Waals surface area contributed by atoms with Crippen LogP contribution in [0.1, 0.15) is 84.0 Å². The van der Waals surface area contributed by atoms with E-state index in [0.717, 1.165) is 38.5 Å². The van der Waals surface area contributed by atoms with E-state index in [0.29, 0.717) is 0 Å². The average Bonchev–Trinajstić information content (AvgIpc) is 2.62. The summed E-state index contributed by atoms with van der Waals surface area (Å²) < 4.78 is 0. The highest BCUT2D eigenvalue weighted by Crippen LogP contribution is 2.06. The van der Waals surface area contributed by atoms with Gasteiger partial charge in [0.05, 0.1) is 0 Å². The fourth-order valence-electron chi connectivity index (χ4n) is 2.47. The lowest BCUT2D eigenvalue weighted by molar-refractivity contribution is -0.131. The first-order valence-corrected chi connectivity index (χ1v) is 10.3. The van der Waals surface area contributed by atoms with Gasteiger partial charge in [0.15, 0.2) is 0 Å². The van der Waals surface area contributed by atoms with E-state index in [2.05, 4.69) is 55.5 Å². The molecule has 2 heteroatoms. The predicted octanol–water partition coefficient (Wildman–Crippen LogP) is 7.55. The van der Waals surface area contributed by atoms with Crippen molar-refractivity contribution < 1.29 is 9.90 Å². The molecular formula is C24H38O2. The smallest absolute Gasteiger partial charge is 0.327 e. The largest absolute Gasteiger partial charge is 0.478 e. The van der Waals surface area contributed by atoms with Gasteiger partial charge in [-0.25, -0.2) is 4.79 Å². The second-order valence-electron chi connectivity index (χ2n) is 6.43. The van der Waals surface area contributed by atoms with Crippen LogP contribution in [0.25, 0.3) is 0 Å². The summed E-state index contributed by atoms with van der Waals surface area (Å²) in [6.07, 6.45) is 34.6. The second kappa shape index (κ2) is 21.2. The Balaban J connectivity index is 3.31. The molecule has 0 rings (SSSR count). The highest BCUT2D eigenvalue weighted by atomic mass is 16.4. The highest BCUT2D eigenvalue weighted by Gasteiger charge is 1.88. The van der Waals surface area contributed by atoms with Gasteiger partial charge in [0.1, 0.15) is 0 Å². The van der Waals surface area contributed by atoms with Crippen molar-refractivity contribution in [2.24, 2.45) is 0 Å². The number of unbranched alkanes of at least 4 members (excludes halogenated alkanes) is 7. The first-order valence-electron chi connectivity index (χ1n) is 10.3. The Morgan fingerprint density at radius 2 is 1.04 bits per heavy atom. The summed E-state index contributed by atoms with van der Waals surface area (Å²) >= 11 is 0. The van der Waals surface area contributed by atoms with Gasteiger partial charge in [-0.3, -0.25) is 0 Å². The first-order chi connectivity index (χ1) is 12.8. The molecule has 0 saturated heterocycles. The first kappa shape index (κ1) is 24.2. The summed E-state index contributed by atoms with van der Waals surface area (Å²) in [5, 5.41) is 8.47. The van der Waals surface area contributed by atoms with E-state index in [-0.39, 0.29) is 0 Å². The van der Waals surface area contributed by atoms with Gasteiger partial charge in [0.25, 0.3) is 0 Å². The van der Waals surface area contributed by atoms with Crippen LogP contribution in [0.2, 0.25) is 0 Å². The van der Waals surface area contributed by atoms with E-state index in [1.165, 1.54) is 44.6 Å². The Hall–Kier alpha value is -1.83. The minimum Gasteiger partial charge on any atom is -0.478 e. The fraction of sp³-hybridized carbons (Fsp3) is 0.542. The van der Waals surface area contributed by atoms with Gasteiger partial charge in [0.2, 0.25) is 0 Å². The van der Waals surface area contributed by atoms with Crippen molar-refractivity contribution in [3.8, 4) is 0 Å². The monoisotopic (exact) mass is 358 g/mol. The van der Waals surface area contributed by atoms with Gasteiger partial charge < -0.3 is 5.11 Å². The van der Waals surface area contributed by atoms with Crippen LogP contribution in [0.15, 0.2) is 60.8 Å². The third kappa shape index (κ3) is 22.2. The van der Waals surface area contributed by atoms with E-state index in [1.54, 1.807) is 6.08 Å². The molecule has 0 aromatic heterocycles. The summed E-state index contributed by atoms with van der Waals surface area (Å²) in [4.78, 5) is 10.3. The molecule has 146 valence electrons. The topological polar surface area (TPSA) is 37.3 Å². The Morgan fingerprint density at radius 3 is 1.58 bits per heavy atom. The minimum atomic E-state index is -0.851. The highest BCUT2D eigenvalue weighted by molar-refractivity contribution is 5.79. The standard InChI is InChI=1S/C24H38O2/c1-2-3-4-5-6-7-8-9-10-11-12-13-14-15-16-17-18-19-20-21-22-23-24(25)26/h3-4,6-7,9-10,15-16,22-23H,2,5,8,11-14,17-21H2,1H3,(H,25,26)/b4-3-,7-6-,10-9-,16-15-,23-22-. The van der Waals surface area contributed by atoms with Crippen molar-refractivity contribution in [1.29, 1.82) is 0 Å².